The highest BCUT2D eigenvalue weighted by atomic mass is 15.1. The van der Waals surface area contributed by atoms with Crippen molar-refractivity contribution in [2.45, 2.75) is 25.7 Å². The van der Waals surface area contributed by atoms with E-state index in [1.165, 1.54) is 25.1 Å². The van der Waals surface area contributed by atoms with Gasteiger partial charge in [-0.05, 0) is 33.4 Å². The van der Waals surface area contributed by atoms with Crippen LogP contribution in [0.5, 0.6) is 0 Å². The first-order valence-electron chi connectivity index (χ1n) is 5.91. The number of aromatic nitrogens is 2. The predicted molar refractivity (Wildman–Crippen MR) is 65.8 cm³/mol. The fourth-order valence-electron chi connectivity index (χ4n) is 2.34. The molecule has 2 rings (SSSR count). The van der Waals surface area contributed by atoms with Crippen LogP contribution in [0.4, 0.5) is 5.82 Å². The molecule has 1 fully saturated rings. The van der Waals surface area contributed by atoms with Crippen LogP contribution in [0, 0.1) is 6.92 Å². The molecule has 1 aromatic heterocycles. The molecule has 1 N–H and O–H groups in total. The van der Waals surface area contributed by atoms with Crippen molar-refractivity contribution in [2.75, 3.05) is 32.5 Å². The smallest absolute Gasteiger partial charge is 0.129 e. The van der Waals surface area contributed by atoms with E-state index in [1.807, 2.05) is 14.0 Å². The van der Waals surface area contributed by atoms with Crippen LogP contribution in [0.1, 0.15) is 30.3 Å². The Hall–Kier alpha value is -1.16. The molecule has 4 nitrogen and oxygen atoms in total. The van der Waals surface area contributed by atoms with E-state index >= 15 is 0 Å². The normalized spacial score (nSPS) is 22.1. The minimum atomic E-state index is 0.563. The summed E-state index contributed by atoms with van der Waals surface area (Å²) in [5, 5.41) is 3.09. The van der Waals surface area contributed by atoms with Crippen LogP contribution in [0.2, 0.25) is 0 Å². The lowest BCUT2D eigenvalue weighted by atomic mass is 9.95. The second-order valence-electron chi connectivity index (χ2n) is 4.58. The number of rotatable bonds is 2. The highest BCUT2D eigenvalue weighted by molar-refractivity contribution is 5.36. The number of nitrogens with one attached hydrogen (secondary N) is 1. The molecule has 88 valence electrons. The zero-order valence-corrected chi connectivity index (χ0v) is 10.3. The van der Waals surface area contributed by atoms with Gasteiger partial charge in [0.25, 0.3) is 0 Å². The van der Waals surface area contributed by atoms with Crippen molar-refractivity contribution < 1.29 is 0 Å². The van der Waals surface area contributed by atoms with Gasteiger partial charge in [0.1, 0.15) is 11.6 Å². The Bertz CT molecular complexity index is 364. The predicted octanol–water partition coefficient (Wildman–Crippen LogP) is 1.64. The molecule has 4 heteroatoms. The Morgan fingerprint density at radius 3 is 2.94 bits per heavy atom. The monoisotopic (exact) mass is 220 g/mol. The first kappa shape index (κ1) is 11.3. The van der Waals surface area contributed by atoms with E-state index < -0.39 is 0 Å². The summed E-state index contributed by atoms with van der Waals surface area (Å²) in [6, 6.07) is 2.08. The lowest BCUT2D eigenvalue weighted by molar-refractivity contribution is 0.248. The fourth-order valence-corrected chi connectivity index (χ4v) is 2.34. The van der Waals surface area contributed by atoms with Crippen LogP contribution in [0.25, 0.3) is 0 Å². The highest BCUT2D eigenvalue weighted by Crippen LogP contribution is 2.25. The van der Waals surface area contributed by atoms with E-state index in [2.05, 4.69) is 33.3 Å². The summed E-state index contributed by atoms with van der Waals surface area (Å²) in [6.45, 7) is 4.27. The van der Waals surface area contributed by atoms with Crippen LogP contribution in [-0.4, -0.2) is 42.1 Å². The van der Waals surface area contributed by atoms with E-state index in [0.29, 0.717) is 5.92 Å². The molecule has 1 atom stereocenters. The Kier molecular flexibility index (Phi) is 3.39. The van der Waals surface area contributed by atoms with Gasteiger partial charge in [-0.25, -0.2) is 9.97 Å². The molecule has 0 spiro atoms. The van der Waals surface area contributed by atoms with Gasteiger partial charge in [-0.15, -0.1) is 0 Å². The van der Waals surface area contributed by atoms with Crippen molar-refractivity contribution >= 4 is 5.82 Å². The molecule has 0 aliphatic carbocycles. The number of nitrogens with zero attached hydrogens (tertiary/aromatic N) is 3. The van der Waals surface area contributed by atoms with Crippen molar-refractivity contribution in [2.24, 2.45) is 0 Å². The molecule has 0 bridgehead atoms. The van der Waals surface area contributed by atoms with Gasteiger partial charge in [-0.1, -0.05) is 0 Å². The molecule has 0 unspecified atom stereocenters. The third kappa shape index (κ3) is 2.50. The third-order valence-electron chi connectivity index (χ3n) is 3.16. The maximum atomic E-state index is 4.56. The first-order valence-corrected chi connectivity index (χ1v) is 5.91. The number of hydrogen-bond donors (Lipinski definition) is 1. The Balaban J connectivity index is 2.21. The summed E-state index contributed by atoms with van der Waals surface area (Å²) in [7, 11) is 4.08. The summed E-state index contributed by atoms with van der Waals surface area (Å²) < 4.78 is 0. The number of anilines is 1. The number of likely N-dealkylation sites (N-methyl/N-ethyl adjacent to an activating group) is 1. The Morgan fingerprint density at radius 2 is 2.25 bits per heavy atom. The molecule has 0 saturated carbocycles. The maximum absolute atomic E-state index is 4.56. The van der Waals surface area contributed by atoms with Gasteiger partial charge in [-0.3, -0.25) is 0 Å². The molecular weight excluding hydrogens is 200 g/mol. The fraction of sp³-hybridized carbons (Fsp3) is 0.667. The lowest BCUT2D eigenvalue weighted by Crippen LogP contribution is -2.31. The molecule has 1 saturated heterocycles. The zero-order valence-electron chi connectivity index (χ0n) is 10.3. The number of hydrogen-bond acceptors (Lipinski definition) is 4. The highest BCUT2D eigenvalue weighted by Gasteiger charge is 2.20. The van der Waals surface area contributed by atoms with Crippen molar-refractivity contribution in [3.8, 4) is 0 Å². The minimum absolute atomic E-state index is 0.563. The number of aryl methyl sites for hydroxylation is 1. The SMILES string of the molecule is CNc1cc([C@@H]2CCCN(C)C2)nc(C)n1. The molecular formula is C12H20N4. The van der Waals surface area contributed by atoms with Gasteiger partial charge in [-0.2, -0.15) is 0 Å². The van der Waals surface area contributed by atoms with E-state index in [1.54, 1.807) is 0 Å². The van der Waals surface area contributed by atoms with Crippen molar-refractivity contribution in [3.05, 3.63) is 17.6 Å². The first-order chi connectivity index (χ1) is 7.69. The summed E-state index contributed by atoms with van der Waals surface area (Å²) in [6.07, 6.45) is 2.50. The standard InChI is InChI=1S/C12H20N4/c1-9-14-11(7-12(13-2)15-9)10-5-4-6-16(3)8-10/h7,10H,4-6,8H2,1-3H3,(H,13,14,15)/t10-/m1/s1. The van der Waals surface area contributed by atoms with Gasteiger partial charge in [0.2, 0.25) is 0 Å². The van der Waals surface area contributed by atoms with E-state index in [9.17, 15) is 0 Å². The van der Waals surface area contributed by atoms with Gasteiger partial charge < -0.3 is 10.2 Å². The third-order valence-corrected chi connectivity index (χ3v) is 3.16. The molecule has 0 amide bonds. The summed E-state index contributed by atoms with van der Waals surface area (Å²) >= 11 is 0. The van der Waals surface area contributed by atoms with Crippen LogP contribution >= 0.6 is 0 Å². The summed E-state index contributed by atoms with van der Waals surface area (Å²) in [4.78, 5) is 11.3. The van der Waals surface area contributed by atoms with Crippen LogP contribution in [0.15, 0.2) is 6.07 Å². The number of piperidine rings is 1. The van der Waals surface area contributed by atoms with Crippen LogP contribution in [0.3, 0.4) is 0 Å². The molecule has 2 heterocycles. The molecule has 1 aromatic rings. The second-order valence-corrected chi connectivity index (χ2v) is 4.58. The Morgan fingerprint density at radius 1 is 1.44 bits per heavy atom. The molecule has 16 heavy (non-hydrogen) atoms. The average Bonchev–Trinajstić information content (AvgIpc) is 2.28. The maximum Gasteiger partial charge on any atom is 0.129 e. The lowest BCUT2D eigenvalue weighted by Gasteiger charge is -2.29. The van der Waals surface area contributed by atoms with Crippen LogP contribution < -0.4 is 5.32 Å². The van der Waals surface area contributed by atoms with E-state index in [0.717, 1.165) is 18.2 Å². The quantitative estimate of drug-likeness (QED) is 0.822. The summed E-state index contributed by atoms with van der Waals surface area (Å²) in [5.41, 5.74) is 1.18. The van der Waals surface area contributed by atoms with Crippen molar-refractivity contribution in [3.63, 3.8) is 0 Å². The van der Waals surface area contributed by atoms with Crippen LogP contribution in [-0.2, 0) is 0 Å². The molecule has 0 radical (unpaired) electrons. The minimum Gasteiger partial charge on any atom is -0.373 e. The van der Waals surface area contributed by atoms with Gasteiger partial charge in [0, 0.05) is 25.6 Å². The van der Waals surface area contributed by atoms with Crippen molar-refractivity contribution in [1.29, 1.82) is 0 Å². The summed E-state index contributed by atoms with van der Waals surface area (Å²) in [5.74, 6) is 2.35. The molecule has 1 aliphatic rings. The molecule has 1 aliphatic heterocycles. The number of likely N-dealkylation sites (tertiary alicyclic amines) is 1. The van der Waals surface area contributed by atoms with Gasteiger partial charge in [0.05, 0.1) is 5.69 Å². The van der Waals surface area contributed by atoms with Crippen molar-refractivity contribution in [1.82, 2.24) is 14.9 Å². The van der Waals surface area contributed by atoms with E-state index in [-0.39, 0.29) is 0 Å². The van der Waals surface area contributed by atoms with Gasteiger partial charge in [0.15, 0.2) is 0 Å². The van der Waals surface area contributed by atoms with Gasteiger partial charge >= 0.3 is 0 Å². The second kappa shape index (κ2) is 4.78. The topological polar surface area (TPSA) is 41.0 Å². The zero-order chi connectivity index (χ0) is 11.5. The average molecular weight is 220 g/mol. The molecule has 0 aromatic carbocycles. The largest absolute Gasteiger partial charge is 0.373 e. The Labute approximate surface area is 97.1 Å². The van der Waals surface area contributed by atoms with E-state index in [4.69, 9.17) is 0 Å².